The van der Waals surface area contributed by atoms with Gasteiger partial charge in [-0.3, -0.25) is 9.59 Å². The molecule has 2 N–H and O–H groups in total. The van der Waals surface area contributed by atoms with Gasteiger partial charge in [0.2, 0.25) is 0 Å². The Labute approximate surface area is 252 Å². The number of fused-ring (bicyclic) bond motifs is 6. The highest BCUT2D eigenvalue weighted by Gasteiger charge is 2.38. The fraction of sp³-hybridized carbons (Fsp3) is 0.212. The van der Waals surface area contributed by atoms with Gasteiger partial charge in [0.15, 0.2) is 0 Å². The third-order valence-corrected chi connectivity index (χ3v) is 9.46. The lowest BCUT2D eigenvalue weighted by atomic mass is 9.95. The molecule has 2 amide bonds. The van der Waals surface area contributed by atoms with Crippen molar-refractivity contribution in [2.75, 3.05) is 34.6 Å². The minimum absolute atomic E-state index is 0.0949. The molecule has 0 saturated heterocycles. The van der Waals surface area contributed by atoms with Crippen LogP contribution >= 0.6 is 23.2 Å². The standard InChI is InChI=1S/C33H27Cl2N3O4/c1-36-24(32(41)37-16-18(14-34)30-22-8-4-2-6-20(22)28(39)12-26(30)37)10-11-25(36)33(42)38-17-19(15-35)31-23-9-5-3-7-21(23)29(40)13-27(31)38/h2-13,18-19,39-40H,14-17H2,1H3/t18-,19?/m1/s1. The molecule has 2 atom stereocenters. The summed E-state index contributed by atoms with van der Waals surface area (Å²) >= 11 is 12.7. The molecular formula is C33H27Cl2N3O4. The summed E-state index contributed by atoms with van der Waals surface area (Å²) in [6.07, 6.45) is 0. The Bertz CT molecular complexity index is 1800. The summed E-state index contributed by atoms with van der Waals surface area (Å²) in [6.45, 7) is 0.728. The summed E-state index contributed by atoms with van der Waals surface area (Å²) in [4.78, 5) is 31.3. The number of anilines is 2. The zero-order chi connectivity index (χ0) is 29.3. The van der Waals surface area contributed by atoms with Gasteiger partial charge in [-0.1, -0.05) is 48.5 Å². The number of phenols is 2. The third kappa shape index (κ3) is 3.80. The van der Waals surface area contributed by atoms with Gasteiger partial charge in [-0.2, -0.15) is 0 Å². The first kappa shape index (κ1) is 26.7. The van der Waals surface area contributed by atoms with Crippen molar-refractivity contribution in [1.82, 2.24) is 4.57 Å². The van der Waals surface area contributed by atoms with E-state index in [0.717, 1.165) is 21.9 Å². The maximum atomic E-state index is 14.0. The fourth-order valence-electron chi connectivity index (χ4n) is 6.71. The van der Waals surface area contributed by atoms with Crippen LogP contribution in [0.25, 0.3) is 21.5 Å². The summed E-state index contributed by atoms with van der Waals surface area (Å²) in [6, 6.07) is 21.7. The number of alkyl halides is 2. The molecule has 3 heterocycles. The molecule has 0 bridgehead atoms. The Hall–Kier alpha value is -4.20. The first-order valence-electron chi connectivity index (χ1n) is 13.7. The largest absolute Gasteiger partial charge is 0.507 e. The predicted molar refractivity (Wildman–Crippen MR) is 167 cm³/mol. The minimum atomic E-state index is -0.288. The van der Waals surface area contributed by atoms with Gasteiger partial charge in [0.1, 0.15) is 22.9 Å². The average Bonchev–Trinajstić information content (AvgIpc) is 3.70. The molecule has 7 rings (SSSR count). The van der Waals surface area contributed by atoms with Gasteiger partial charge in [-0.15, -0.1) is 23.2 Å². The Kier molecular flexibility index (Phi) is 6.33. The Morgan fingerprint density at radius 3 is 1.45 bits per heavy atom. The summed E-state index contributed by atoms with van der Waals surface area (Å²) in [5.41, 5.74) is 3.78. The van der Waals surface area contributed by atoms with Crippen molar-refractivity contribution in [1.29, 1.82) is 0 Å². The van der Waals surface area contributed by atoms with E-state index in [2.05, 4.69) is 0 Å². The molecule has 4 aromatic carbocycles. The van der Waals surface area contributed by atoms with Crippen molar-refractivity contribution >= 4 is 67.9 Å². The molecule has 0 radical (unpaired) electrons. The molecule has 0 aliphatic carbocycles. The van der Waals surface area contributed by atoms with E-state index in [0.29, 0.717) is 58.4 Å². The Morgan fingerprint density at radius 1 is 0.690 bits per heavy atom. The van der Waals surface area contributed by atoms with Gasteiger partial charge in [0.25, 0.3) is 11.8 Å². The molecule has 1 unspecified atom stereocenters. The number of phenolic OH excluding ortho intramolecular Hbond substituents is 2. The van der Waals surface area contributed by atoms with Crippen LogP contribution in [-0.4, -0.2) is 51.4 Å². The molecule has 212 valence electrons. The van der Waals surface area contributed by atoms with Crippen LogP contribution in [-0.2, 0) is 7.05 Å². The zero-order valence-electron chi connectivity index (χ0n) is 22.7. The van der Waals surface area contributed by atoms with Crippen molar-refractivity contribution in [3.63, 3.8) is 0 Å². The van der Waals surface area contributed by atoms with Crippen molar-refractivity contribution in [3.05, 3.63) is 95.3 Å². The van der Waals surface area contributed by atoms with Crippen LogP contribution in [0.1, 0.15) is 43.9 Å². The van der Waals surface area contributed by atoms with E-state index in [9.17, 15) is 19.8 Å². The molecule has 0 fully saturated rings. The van der Waals surface area contributed by atoms with E-state index < -0.39 is 0 Å². The molecular weight excluding hydrogens is 573 g/mol. The molecule has 9 heteroatoms. The van der Waals surface area contributed by atoms with Crippen LogP contribution in [0.4, 0.5) is 11.4 Å². The maximum absolute atomic E-state index is 14.0. The van der Waals surface area contributed by atoms with Gasteiger partial charge in [0, 0.05) is 66.6 Å². The number of rotatable bonds is 4. The van der Waals surface area contributed by atoms with Crippen LogP contribution in [0, 0.1) is 0 Å². The normalized spacial score (nSPS) is 17.7. The highest BCUT2D eigenvalue weighted by Crippen LogP contribution is 2.47. The van der Waals surface area contributed by atoms with Crippen LogP contribution in [0.5, 0.6) is 11.5 Å². The average molecular weight is 601 g/mol. The van der Waals surface area contributed by atoms with E-state index in [-0.39, 0.29) is 35.1 Å². The molecule has 2 aliphatic heterocycles. The summed E-state index contributed by atoms with van der Waals surface area (Å²) in [7, 11) is 1.70. The number of hydrogen-bond donors (Lipinski definition) is 2. The highest BCUT2D eigenvalue weighted by atomic mass is 35.5. The number of aromatic nitrogens is 1. The van der Waals surface area contributed by atoms with Crippen molar-refractivity contribution in [2.45, 2.75) is 11.8 Å². The lowest BCUT2D eigenvalue weighted by Gasteiger charge is -2.21. The van der Waals surface area contributed by atoms with E-state index in [1.807, 2.05) is 48.5 Å². The number of halogens is 2. The molecule has 7 nitrogen and oxygen atoms in total. The van der Waals surface area contributed by atoms with E-state index >= 15 is 0 Å². The summed E-state index contributed by atoms with van der Waals surface area (Å²) < 4.78 is 1.61. The zero-order valence-corrected chi connectivity index (χ0v) is 24.2. The van der Waals surface area contributed by atoms with Gasteiger partial charge in [0.05, 0.1) is 11.4 Å². The predicted octanol–water partition coefficient (Wildman–Crippen LogP) is 6.71. The van der Waals surface area contributed by atoms with E-state index in [1.165, 1.54) is 0 Å². The second-order valence-corrected chi connectivity index (χ2v) is 11.6. The number of carbonyl (C=O) groups excluding carboxylic acids is 2. The van der Waals surface area contributed by atoms with Gasteiger partial charge < -0.3 is 24.6 Å². The minimum Gasteiger partial charge on any atom is -0.507 e. The number of nitrogens with zero attached hydrogens (tertiary/aromatic N) is 3. The first-order chi connectivity index (χ1) is 20.3. The highest BCUT2D eigenvalue weighted by molar-refractivity contribution is 6.20. The maximum Gasteiger partial charge on any atom is 0.274 e. The van der Waals surface area contributed by atoms with Gasteiger partial charge in [-0.25, -0.2) is 0 Å². The second kappa shape index (κ2) is 9.96. The second-order valence-electron chi connectivity index (χ2n) is 10.9. The number of carbonyl (C=O) groups is 2. The monoisotopic (exact) mass is 599 g/mol. The number of aromatic hydroxyl groups is 2. The lowest BCUT2D eigenvalue weighted by Crippen LogP contribution is -2.34. The quantitative estimate of drug-likeness (QED) is 0.225. The van der Waals surface area contributed by atoms with E-state index in [4.69, 9.17) is 23.2 Å². The molecule has 2 aliphatic rings. The number of benzene rings is 4. The topological polar surface area (TPSA) is 86.0 Å². The molecule has 1 aromatic heterocycles. The van der Waals surface area contributed by atoms with Crippen LogP contribution in [0.3, 0.4) is 0 Å². The van der Waals surface area contributed by atoms with Crippen LogP contribution in [0.15, 0.2) is 72.8 Å². The lowest BCUT2D eigenvalue weighted by molar-refractivity contribution is 0.0975. The van der Waals surface area contributed by atoms with Crippen molar-refractivity contribution < 1.29 is 19.8 Å². The Morgan fingerprint density at radius 2 is 1.07 bits per heavy atom. The fourth-order valence-corrected chi connectivity index (χ4v) is 7.21. The van der Waals surface area contributed by atoms with Gasteiger partial charge in [-0.05, 0) is 34.0 Å². The number of hydrogen-bond acceptors (Lipinski definition) is 4. The van der Waals surface area contributed by atoms with Crippen molar-refractivity contribution in [2.24, 2.45) is 7.05 Å². The third-order valence-electron chi connectivity index (χ3n) is 8.71. The van der Waals surface area contributed by atoms with Crippen LogP contribution in [0.2, 0.25) is 0 Å². The molecule has 5 aromatic rings. The SMILES string of the molecule is Cn1c(C(=O)N2CC(CCl)c3c2cc(O)c2ccccc32)ccc1C(=O)N1C[C@@H](CCl)c2c1cc(O)c1ccccc21. The van der Waals surface area contributed by atoms with Gasteiger partial charge >= 0.3 is 0 Å². The molecule has 0 spiro atoms. The summed E-state index contributed by atoms with van der Waals surface area (Å²) in [5.74, 6) is 0.0468. The number of amides is 2. The first-order valence-corrected chi connectivity index (χ1v) is 14.8. The smallest absolute Gasteiger partial charge is 0.274 e. The van der Waals surface area contributed by atoms with Crippen LogP contribution < -0.4 is 9.80 Å². The molecule has 0 saturated carbocycles. The van der Waals surface area contributed by atoms with E-state index in [1.54, 1.807) is 45.7 Å². The van der Waals surface area contributed by atoms with Crippen molar-refractivity contribution in [3.8, 4) is 11.5 Å². The molecule has 42 heavy (non-hydrogen) atoms. The summed E-state index contributed by atoms with van der Waals surface area (Å²) in [5, 5.41) is 24.7. The Balaban J connectivity index is 1.26.